The number of phenols is 2. The molecule has 0 unspecified atom stereocenters. The van der Waals surface area contributed by atoms with E-state index in [0.717, 1.165) is 16.7 Å². The van der Waals surface area contributed by atoms with Gasteiger partial charge in [-0.1, -0.05) is 24.3 Å². The Morgan fingerprint density at radius 1 is 1.00 bits per heavy atom. The van der Waals surface area contributed by atoms with Gasteiger partial charge in [-0.2, -0.15) is 0 Å². The summed E-state index contributed by atoms with van der Waals surface area (Å²) in [5.74, 6) is -0.475. The van der Waals surface area contributed by atoms with Crippen molar-refractivity contribution in [1.29, 1.82) is 0 Å². The van der Waals surface area contributed by atoms with Crippen LogP contribution in [0.4, 0.5) is 10.5 Å². The largest absolute Gasteiger partial charge is 0.508 e. The van der Waals surface area contributed by atoms with Crippen molar-refractivity contribution in [2.45, 2.75) is 0 Å². The molecule has 1 saturated heterocycles. The number of rotatable bonds is 2. The quantitative estimate of drug-likeness (QED) is 0.831. The molecule has 0 spiro atoms. The summed E-state index contributed by atoms with van der Waals surface area (Å²) in [7, 11) is 0. The lowest BCUT2D eigenvalue weighted by Gasteiger charge is -2.12. The predicted octanol–water partition coefficient (Wildman–Crippen LogP) is 3.34. The maximum Gasteiger partial charge on any atom is 0.298 e. The normalized spacial score (nSPS) is 16.5. The van der Waals surface area contributed by atoms with Gasteiger partial charge in [0.15, 0.2) is 0 Å². The molecule has 1 aliphatic heterocycles. The molecule has 2 amide bonds. The third-order valence-electron chi connectivity index (χ3n) is 3.11. The van der Waals surface area contributed by atoms with Crippen molar-refractivity contribution in [3.05, 3.63) is 59.0 Å². The van der Waals surface area contributed by atoms with E-state index < -0.39 is 11.1 Å². The number of carbonyl (C=O) groups excluding carboxylic acids is 2. The molecule has 0 aromatic heterocycles. The molecule has 0 saturated carbocycles. The molecule has 1 heterocycles. The van der Waals surface area contributed by atoms with Gasteiger partial charge in [-0.3, -0.25) is 9.59 Å². The number of aromatic hydroxyl groups is 2. The van der Waals surface area contributed by atoms with Gasteiger partial charge < -0.3 is 10.2 Å². The van der Waals surface area contributed by atoms with E-state index in [2.05, 4.69) is 0 Å². The number of benzene rings is 2. The zero-order chi connectivity index (χ0) is 15.7. The number of nitrogens with zero attached hydrogens (tertiary/aromatic N) is 1. The smallest absolute Gasteiger partial charge is 0.298 e. The van der Waals surface area contributed by atoms with E-state index in [1.54, 1.807) is 30.3 Å². The summed E-state index contributed by atoms with van der Waals surface area (Å²) in [4.78, 5) is 25.7. The molecule has 0 radical (unpaired) electrons. The number of carbonyl (C=O) groups is 2. The highest BCUT2D eigenvalue weighted by Crippen LogP contribution is 2.37. The van der Waals surface area contributed by atoms with Gasteiger partial charge in [0.1, 0.15) is 11.5 Å². The zero-order valence-electron chi connectivity index (χ0n) is 11.3. The number of anilines is 1. The van der Waals surface area contributed by atoms with Crippen molar-refractivity contribution < 1.29 is 19.8 Å². The topological polar surface area (TPSA) is 77.8 Å². The van der Waals surface area contributed by atoms with E-state index in [0.29, 0.717) is 11.3 Å². The molecule has 1 aliphatic rings. The molecular weight excluding hydrogens is 302 g/mol. The van der Waals surface area contributed by atoms with E-state index in [9.17, 15) is 19.8 Å². The molecule has 2 N–H and O–H groups in total. The molecule has 0 bridgehead atoms. The third-order valence-corrected chi connectivity index (χ3v) is 3.97. The minimum absolute atomic E-state index is 0.0266. The van der Waals surface area contributed by atoms with Crippen molar-refractivity contribution in [2.24, 2.45) is 0 Å². The summed E-state index contributed by atoms with van der Waals surface area (Å²) in [5, 5.41) is 18.8. The van der Waals surface area contributed by atoms with Gasteiger partial charge in [0, 0.05) is 11.6 Å². The van der Waals surface area contributed by atoms with Gasteiger partial charge in [-0.05, 0) is 36.0 Å². The van der Waals surface area contributed by atoms with Gasteiger partial charge in [0.2, 0.25) is 0 Å². The summed E-state index contributed by atoms with van der Waals surface area (Å²) < 4.78 is 0. The molecule has 2 aromatic rings. The first-order valence-corrected chi connectivity index (χ1v) is 7.23. The summed E-state index contributed by atoms with van der Waals surface area (Å²) in [6, 6.07) is 12.5. The Hall–Kier alpha value is -2.73. The van der Waals surface area contributed by atoms with Gasteiger partial charge >= 0.3 is 0 Å². The van der Waals surface area contributed by atoms with Crippen LogP contribution >= 0.6 is 11.8 Å². The van der Waals surface area contributed by atoms with Gasteiger partial charge in [-0.25, -0.2) is 4.90 Å². The second-order valence-corrected chi connectivity index (χ2v) is 5.59. The monoisotopic (exact) mass is 313 g/mol. The van der Waals surface area contributed by atoms with Crippen molar-refractivity contribution in [3.8, 4) is 11.5 Å². The van der Waals surface area contributed by atoms with E-state index in [1.807, 2.05) is 0 Å². The molecule has 1 fully saturated rings. The molecule has 0 atom stereocenters. The lowest BCUT2D eigenvalue weighted by Crippen LogP contribution is -2.27. The predicted molar refractivity (Wildman–Crippen MR) is 84.7 cm³/mol. The second kappa shape index (κ2) is 5.57. The summed E-state index contributed by atoms with van der Waals surface area (Å²) in [5.41, 5.74) is 0.770. The van der Waals surface area contributed by atoms with Crippen LogP contribution in [-0.2, 0) is 4.79 Å². The van der Waals surface area contributed by atoms with Crippen molar-refractivity contribution in [1.82, 2.24) is 0 Å². The fourth-order valence-corrected chi connectivity index (χ4v) is 2.91. The van der Waals surface area contributed by atoms with E-state index in [1.165, 1.54) is 24.3 Å². The first-order valence-electron chi connectivity index (χ1n) is 6.41. The maximum absolute atomic E-state index is 12.4. The van der Waals surface area contributed by atoms with Crippen LogP contribution in [0.2, 0.25) is 0 Å². The molecule has 6 heteroatoms. The van der Waals surface area contributed by atoms with E-state index in [4.69, 9.17) is 0 Å². The Balaban J connectivity index is 1.97. The summed E-state index contributed by atoms with van der Waals surface area (Å²) in [6.45, 7) is 0. The Morgan fingerprint density at radius 3 is 2.50 bits per heavy atom. The summed E-state index contributed by atoms with van der Waals surface area (Å²) >= 11 is 0.792. The highest BCUT2D eigenvalue weighted by molar-refractivity contribution is 8.19. The van der Waals surface area contributed by atoms with Crippen LogP contribution in [0.1, 0.15) is 5.56 Å². The Kier molecular flexibility index (Phi) is 3.60. The first kappa shape index (κ1) is 14.2. The number of phenolic OH excluding ortho intramolecular Hbond substituents is 2. The maximum atomic E-state index is 12.4. The minimum Gasteiger partial charge on any atom is -0.508 e. The number of para-hydroxylation sites is 1. The van der Waals surface area contributed by atoms with Crippen LogP contribution in [0.3, 0.4) is 0 Å². The summed E-state index contributed by atoms with van der Waals surface area (Å²) in [6.07, 6.45) is 1.48. The SMILES string of the molecule is O=C1S/C(=C\c2ccccc2O)C(=O)N1c1cccc(O)c1. The lowest BCUT2D eigenvalue weighted by atomic mass is 10.2. The number of thioether (sulfide) groups is 1. The van der Waals surface area contributed by atoms with Crippen LogP contribution in [0.15, 0.2) is 53.4 Å². The van der Waals surface area contributed by atoms with Gasteiger partial charge in [0.05, 0.1) is 10.6 Å². The van der Waals surface area contributed by atoms with Crippen LogP contribution in [0.5, 0.6) is 11.5 Å². The van der Waals surface area contributed by atoms with Crippen molar-refractivity contribution >= 4 is 34.7 Å². The highest BCUT2D eigenvalue weighted by atomic mass is 32.2. The first-order chi connectivity index (χ1) is 10.6. The molecule has 0 aliphatic carbocycles. The second-order valence-electron chi connectivity index (χ2n) is 4.60. The van der Waals surface area contributed by atoms with Crippen LogP contribution in [-0.4, -0.2) is 21.4 Å². The minimum atomic E-state index is -0.483. The molecule has 3 rings (SSSR count). The number of imide groups is 1. The number of hydrogen-bond donors (Lipinski definition) is 2. The van der Waals surface area contributed by atoms with Gasteiger partial charge in [0.25, 0.3) is 11.1 Å². The van der Waals surface area contributed by atoms with Crippen molar-refractivity contribution in [3.63, 3.8) is 0 Å². The Labute approximate surface area is 130 Å². The van der Waals surface area contributed by atoms with E-state index >= 15 is 0 Å². The van der Waals surface area contributed by atoms with E-state index in [-0.39, 0.29) is 16.4 Å². The fourth-order valence-electron chi connectivity index (χ4n) is 2.07. The Morgan fingerprint density at radius 2 is 1.77 bits per heavy atom. The van der Waals surface area contributed by atoms with Gasteiger partial charge in [-0.15, -0.1) is 0 Å². The highest BCUT2D eigenvalue weighted by Gasteiger charge is 2.36. The van der Waals surface area contributed by atoms with Crippen LogP contribution < -0.4 is 4.90 Å². The van der Waals surface area contributed by atoms with Crippen LogP contribution in [0, 0.1) is 0 Å². The molecule has 22 heavy (non-hydrogen) atoms. The Bertz CT molecular complexity index is 800. The lowest BCUT2D eigenvalue weighted by molar-refractivity contribution is -0.113. The number of hydrogen-bond acceptors (Lipinski definition) is 5. The average molecular weight is 313 g/mol. The fraction of sp³-hybridized carbons (Fsp3) is 0. The molecule has 2 aromatic carbocycles. The van der Waals surface area contributed by atoms with Crippen LogP contribution in [0.25, 0.3) is 6.08 Å². The zero-order valence-corrected chi connectivity index (χ0v) is 12.1. The molecule has 110 valence electrons. The average Bonchev–Trinajstić information content (AvgIpc) is 2.76. The molecular formula is C16H11NO4S. The van der Waals surface area contributed by atoms with Crippen molar-refractivity contribution in [2.75, 3.05) is 4.90 Å². The molecule has 5 nitrogen and oxygen atoms in total. The third kappa shape index (κ3) is 2.56. The number of amides is 2. The standard InChI is InChI=1S/C16H11NO4S/c18-12-6-3-5-11(9-12)17-15(20)14(22-16(17)21)8-10-4-1-2-7-13(10)19/h1-9,18-19H/b14-8-.